The van der Waals surface area contributed by atoms with Gasteiger partial charge in [-0.2, -0.15) is 0 Å². The molecule has 0 spiro atoms. The molecule has 0 aliphatic carbocycles. The number of hydrogen-bond donors (Lipinski definition) is 1. The number of halogens is 1. The number of rotatable bonds is 4. The quantitative estimate of drug-likeness (QED) is 0.923. The van der Waals surface area contributed by atoms with Crippen molar-refractivity contribution in [2.45, 2.75) is 31.1 Å². The van der Waals surface area contributed by atoms with Crippen LogP contribution in [0.1, 0.15) is 31.4 Å². The van der Waals surface area contributed by atoms with E-state index in [1.807, 2.05) is 6.92 Å². The van der Waals surface area contributed by atoms with Crippen LogP contribution >= 0.6 is 0 Å². The van der Waals surface area contributed by atoms with E-state index in [0.717, 1.165) is 18.4 Å². The second kappa shape index (κ2) is 6.48. The number of fused-ring (bicyclic) bond motifs is 1. The average Bonchev–Trinajstić information content (AvgIpc) is 2.57. The van der Waals surface area contributed by atoms with Crippen LogP contribution < -0.4 is 10.1 Å². The monoisotopic (exact) mass is 285 g/mol. The molecule has 5 heteroatoms. The first-order chi connectivity index (χ1) is 9.08. The summed E-state index contributed by atoms with van der Waals surface area (Å²) in [6.07, 6.45) is 3.59. The lowest BCUT2D eigenvalue weighted by Gasteiger charge is -2.20. The van der Waals surface area contributed by atoms with E-state index in [0.29, 0.717) is 18.9 Å². The summed E-state index contributed by atoms with van der Waals surface area (Å²) in [5.41, 5.74) is 0.994. The third kappa shape index (κ3) is 3.76. The Morgan fingerprint density at radius 3 is 3.11 bits per heavy atom. The average molecular weight is 285 g/mol. The molecule has 0 bridgehead atoms. The van der Waals surface area contributed by atoms with E-state index in [1.54, 1.807) is 12.3 Å². The number of benzene rings is 1. The highest BCUT2D eigenvalue weighted by Gasteiger charge is 2.20. The van der Waals surface area contributed by atoms with Crippen molar-refractivity contribution in [3.63, 3.8) is 0 Å². The zero-order valence-electron chi connectivity index (χ0n) is 11.3. The van der Waals surface area contributed by atoms with Crippen LogP contribution in [-0.2, 0) is 10.8 Å². The van der Waals surface area contributed by atoms with Crippen molar-refractivity contribution in [3.05, 3.63) is 29.6 Å². The zero-order chi connectivity index (χ0) is 13.8. The summed E-state index contributed by atoms with van der Waals surface area (Å²) in [6, 6.07) is 4.82. The maximum absolute atomic E-state index is 13.2. The Morgan fingerprint density at radius 2 is 2.37 bits per heavy atom. The van der Waals surface area contributed by atoms with Gasteiger partial charge in [0.15, 0.2) is 0 Å². The molecule has 1 aromatic carbocycles. The molecule has 1 aliphatic heterocycles. The van der Waals surface area contributed by atoms with Gasteiger partial charge in [-0.1, -0.05) is 6.07 Å². The van der Waals surface area contributed by atoms with Crippen LogP contribution in [0, 0.1) is 5.82 Å². The highest BCUT2D eigenvalue weighted by Crippen LogP contribution is 2.31. The molecular formula is C14H20FNO2S. The van der Waals surface area contributed by atoms with Crippen molar-refractivity contribution in [1.29, 1.82) is 0 Å². The van der Waals surface area contributed by atoms with Gasteiger partial charge in [-0.3, -0.25) is 4.21 Å². The predicted octanol–water partition coefficient (Wildman–Crippen LogP) is 2.40. The van der Waals surface area contributed by atoms with Gasteiger partial charge >= 0.3 is 0 Å². The summed E-state index contributed by atoms with van der Waals surface area (Å²) in [4.78, 5) is 0. The lowest BCUT2D eigenvalue weighted by atomic mass is 10.0. The van der Waals surface area contributed by atoms with E-state index in [9.17, 15) is 8.60 Å². The molecule has 0 amide bonds. The van der Waals surface area contributed by atoms with E-state index < -0.39 is 10.8 Å². The second-order valence-electron chi connectivity index (χ2n) is 4.94. The molecule has 3 atom stereocenters. The maximum Gasteiger partial charge on any atom is 0.126 e. The highest BCUT2D eigenvalue weighted by molar-refractivity contribution is 7.84. The van der Waals surface area contributed by atoms with Crippen LogP contribution in [0.3, 0.4) is 0 Å². The Kier molecular flexibility index (Phi) is 4.93. The number of nitrogens with one attached hydrogen (secondary N) is 1. The number of ether oxygens (including phenoxy) is 1. The fourth-order valence-corrected chi connectivity index (χ4v) is 2.51. The van der Waals surface area contributed by atoms with Crippen molar-refractivity contribution in [2.75, 3.05) is 19.4 Å². The first kappa shape index (κ1) is 14.5. The summed E-state index contributed by atoms with van der Waals surface area (Å²) in [7, 11) is -0.834. The lowest BCUT2D eigenvalue weighted by molar-refractivity contribution is 0.314. The lowest BCUT2D eigenvalue weighted by Crippen LogP contribution is -2.30. The first-order valence-electron chi connectivity index (χ1n) is 6.56. The van der Waals surface area contributed by atoms with Crippen LogP contribution in [0.4, 0.5) is 4.39 Å². The third-order valence-electron chi connectivity index (χ3n) is 3.46. The number of hydrogen-bond acceptors (Lipinski definition) is 3. The van der Waals surface area contributed by atoms with Gasteiger partial charge in [0.1, 0.15) is 11.6 Å². The molecule has 0 aromatic heterocycles. The predicted molar refractivity (Wildman–Crippen MR) is 75.4 cm³/mol. The highest BCUT2D eigenvalue weighted by atomic mass is 32.2. The largest absolute Gasteiger partial charge is 0.493 e. The van der Waals surface area contributed by atoms with Gasteiger partial charge in [0, 0.05) is 46.5 Å². The summed E-state index contributed by atoms with van der Waals surface area (Å²) in [6.45, 7) is 3.26. The zero-order valence-corrected chi connectivity index (χ0v) is 12.1. The van der Waals surface area contributed by atoms with Gasteiger partial charge in [-0.25, -0.2) is 4.39 Å². The van der Waals surface area contributed by atoms with Crippen LogP contribution in [0.15, 0.2) is 18.2 Å². The van der Waals surface area contributed by atoms with Crippen molar-refractivity contribution >= 4 is 10.8 Å². The van der Waals surface area contributed by atoms with E-state index in [1.165, 1.54) is 12.1 Å². The third-order valence-corrected chi connectivity index (χ3v) is 4.76. The summed E-state index contributed by atoms with van der Waals surface area (Å²) >= 11 is 0. The summed E-state index contributed by atoms with van der Waals surface area (Å²) in [5.74, 6) is 0.350. The minimum atomic E-state index is -0.834. The van der Waals surface area contributed by atoms with Crippen molar-refractivity contribution in [3.8, 4) is 5.75 Å². The second-order valence-corrected chi connectivity index (χ2v) is 6.74. The van der Waals surface area contributed by atoms with Gasteiger partial charge in [0.2, 0.25) is 0 Å². The van der Waals surface area contributed by atoms with E-state index >= 15 is 0 Å². The van der Waals surface area contributed by atoms with Gasteiger partial charge < -0.3 is 10.1 Å². The minimum absolute atomic E-state index is 0.105. The van der Waals surface area contributed by atoms with Crippen molar-refractivity contribution in [2.24, 2.45) is 0 Å². The standard InChI is InChI=1S/C14H20FNO2S/c1-10(19(2)17)9-16-13-4-3-7-18-14-8-11(15)5-6-12(13)14/h5-6,8,10,13,16H,3-4,7,9H2,1-2H3/t10-,13+,19+/m1/s1. The van der Waals surface area contributed by atoms with Gasteiger partial charge in [0.25, 0.3) is 0 Å². The molecule has 3 nitrogen and oxygen atoms in total. The molecule has 106 valence electrons. The molecule has 0 saturated heterocycles. The van der Waals surface area contributed by atoms with Crippen LogP contribution in [-0.4, -0.2) is 28.9 Å². The molecule has 0 saturated carbocycles. The van der Waals surface area contributed by atoms with Crippen LogP contribution in [0.5, 0.6) is 5.75 Å². The Morgan fingerprint density at radius 1 is 1.58 bits per heavy atom. The smallest absolute Gasteiger partial charge is 0.126 e. The molecule has 1 heterocycles. The van der Waals surface area contributed by atoms with Gasteiger partial charge in [-0.05, 0) is 25.8 Å². The van der Waals surface area contributed by atoms with Crippen molar-refractivity contribution in [1.82, 2.24) is 5.32 Å². The maximum atomic E-state index is 13.2. The molecular weight excluding hydrogens is 265 g/mol. The Balaban J connectivity index is 2.11. The molecule has 0 radical (unpaired) electrons. The Hall–Kier alpha value is -0.940. The summed E-state index contributed by atoms with van der Waals surface area (Å²) in [5, 5.41) is 3.53. The fourth-order valence-electron chi connectivity index (χ4n) is 2.18. The molecule has 1 aliphatic rings. The van der Waals surface area contributed by atoms with Crippen LogP contribution in [0.2, 0.25) is 0 Å². The first-order valence-corrected chi connectivity index (χ1v) is 8.18. The Bertz CT molecular complexity index is 467. The van der Waals surface area contributed by atoms with E-state index in [2.05, 4.69) is 5.32 Å². The minimum Gasteiger partial charge on any atom is -0.493 e. The molecule has 1 N–H and O–H groups in total. The molecule has 0 fully saturated rings. The Labute approximate surface area is 116 Å². The fraction of sp³-hybridized carbons (Fsp3) is 0.571. The normalized spacial score (nSPS) is 21.9. The van der Waals surface area contributed by atoms with Crippen molar-refractivity contribution < 1.29 is 13.3 Å². The van der Waals surface area contributed by atoms with Gasteiger partial charge in [-0.15, -0.1) is 0 Å². The van der Waals surface area contributed by atoms with Gasteiger partial charge in [0.05, 0.1) is 6.61 Å². The molecule has 1 aromatic rings. The summed E-state index contributed by atoms with van der Waals surface area (Å²) < 4.78 is 30.2. The van der Waals surface area contributed by atoms with E-state index in [-0.39, 0.29) is 17.1 Å². The van der Waals surface area contributed by atoms with E-state index in [4.69, 9.17) is 4.74 Å². The topological polar surface area (TPSA) is 38.3 Å². The SMILES string of the molecule is C[C@H](CN[C@H]1CCCOc2cc(F)ccc21)[S@](C)=O. The molecule has 19 heavy (non-hydrogen) atoms. The molecule has 0 unspecified atom stereocenters. The molecule has 2 rings (SSSR count). The van der Waals surface area contributed by atoms with Crippen LogP contribution in [0.25, 0.3) is 0 Å².